The van der Waals surface area contributed by atoms with E-state index in [1.807, 2.05) is 13.8 Å². The number of rotatable bonds is 7. The summed E-state index contributed by atoms with van der Waals surface area (Å²) in [7, 11) is -2.96. The molecule has 0 aromatic carbocycles. The van der Waals surface area contributed by atoms with Gasteiger partial charge >= 0.3 is 0 Å². The highest BCUT2D eigenvalue weighted by Gasteiger charge is 2.48. The number of ether oxygens (including phenoxy) is 2. The molecule has 0 N–H and O–H groups in total. The molecule has 2 bridgehead atoms. The number of fused-ring (bicyclic) bond motifs is 2. The molecule has 5 nitrogen and oxygen atoms in total. The van der Waals surface area contributed by atoms with Crippen molar-refractivity contribution in [1.29, 1.82) is 0 Å². The second-order valence-corrected chi connectivity index (χ2v) is 8.10. The van der Waals surface area contributed by atoms with Crippen LogP contribution in [0.1, 0.15) is 46.0 Å². The molecular formula is C14H24O5S. The molecule has 2 aliphatic rings. The maximum Gasteiger partial charge on any atom is 0.164 e. The molecule has 2 aliphatic heterocycles. The van der Waals surface area contributed by atoms with Gasteiger partial charge in [0.15, 0.2) is 16.1 Å². The highest BCUT2D eigenvalue weighted by atomic mass is 32.2. The van der Waals surface area contributed by atoms with Gasteiger partial charge in [0.05, 0.1) is 16.9 Å². The van der Waals surface area contributed by atoms with Gasteiger partial charge in [-0.15, -0.1) is 0 Å². The molecule has 6 heteroatoms. The minimum absolute atomic E-state index is 0.0868. The van der Waals surface area contributed by atoms with Crippen molar-refractivity contribution in [2.75, 3.05) is 13.2 Å². The smallest absolute Gasteiger partial charge is 0.164 e. The lowest BCUT2D eigenvalue weighted by atomic mass is 9.92. The molecule has 2 saturated heterocycles. The third kappa shape index (κ3) is 3.23. The van der Waals surface area contributed by atoms with Gasteiger partial charge < -0.3 is 9.47 Å². The summed E-state index contributed by atoms with van der Waals surface area (Å²) in [5, 5.41) is -0.597. The van der Waals surface area contributed by atoms with Crippen molar-refractivity contribution in [3.63, 3.8) is 0 Å². The Morgan fingerprint density at radius 2 is 1.60 bits per heavy atom. The SMILES string of the molecule is CCOC(CC(=O)C1CC2CCC(C1)S2(=O)=O)OCC. The van der Waals surface area contributed by atoms with E-state index in [1.165, 1.54) is 0 Å². The number of carbonyl (C=O) groups is 1. The van der Waals surface area contributed by atoms with Crippen LogP contribution in [0.2, 0.25) is 0 Å². The molecule has 0 radical (unpaired) electrons. The zero-order chi connectivity index (χ0) is 14.8. The standard InChI is InChI=1S/C14H24O5S/c1-3-18-14(19-4-2)9-13(15)10-7-11-5-6-12(8-10)20(11,16)17/h10-12,14H,3-9H2,1-2H3. The van der Waals surface area contributed by atoms with Crippen molar-refractivity contribution in [2.45, 2.75) is 62.7 Å². The lowest BCUT2D eigenvalue weighted by Crippen LogP contribution is -2.37. The molecule has 0 saturated carbocycles. The second kappa shape index (κ2) is 6.54. The zero-order valence-corrected chi connectivity index (χ0v) is 13.0. The molecule has 2 heterocycles. The largest absolute Gasteiger partial charge is 0.352 e. The van der Waals surface area contributed by atoms with Crippen molar-refractivity contribution < 1.29 is 22.7 Å². The lowest BCUT2D eigenvalue weighted by Gasteiger charge is -2.28. The van der Waals surface area contributed by atoms with Gasteiger partial charge in [0.2, 0.25) is 0 Å². The van der Waals surface area contributed by atoms with E-state index in [1.54, 1.807) is 0 Å². The highest BCUT2D eigenvalue weighted by molar-refractivity contribution is 7.93. The number of hydrogen-bond acceptors (Lipinski definition) is 5. The van der Waals surface area contributed by atoms with Crippen LogP contribution < -0.4 is 0 Å². The predicted octanol–water partition coefficient (Wildman–Crippen LogP) is 1.70. The molecular weight excluding hydrogens is 280 g/mol. The number of ketones is 1. The van der Waals surface area contributed by atoms with Gasteiger partial charge in [-0.05, 0) is 39.5 Å². The molecule has 2 atom stereocenters. The number of Topliss-reactive ketones (excluding diaryl/α,β-unsaturated/α-hetero) is 1. The Morgan fingerprint density at radius 3 is 2.05 bits per heavy atom. The van der Waals surface area contributed by atoms with E-state index in [2.05, 4.69) is 0 Å². The Labute approximate surface area is 120 Å². The summed E-state index contributed by atoms with van der Waals surface area (Å²) in [6.45, 7) is 4.73. The monoisotopic (exact) mass is 304 g/mol. The number of hydrogen-bond donors (Lipinski definition) is 0. The third-order valence-corrected chi connectivity index (χ3v) is 7.08. The molecule has 20 heavy (non-hydrogen) atoms. The molecule has 2 unspecified atom stereocenters. The summed E-state index contributed by atoms with van der Waals surface area (Å²) in [6, 6.07) is 0. The van der Waals surface area contributed by atoms with Crippen LogP contribution in [0, 0.1) is 5.92 Å². The van der Waals surface area contributed by atoms with Gasteiger partial charge in [-0.3, -0.25) is 4.79 Å². The van der Waals surface area contributed by atoms with Crippen LogP contribution in [0.25, 0.3) is 0 Å². The topological polar surface area (TPSA) is 69.7 Å². The first kappa shape index (κ1) is 15.9. The quantitative estimate of drug-likeness (QED) is 0.670. The molecule has 0 spiro atoms. The maximum atomic E-state index is 12.3. The zero-order valence-electron chi connectivity index (χ0n) is 12.2. The van der Waals surface area contributed by atoms with Crippen molar-refractivity contribution >= 4 is 15.6 Å². The van der Waals surface area contributed by atoms with Gasteiger partial charge in [0, 0.05) is 19.1 Å². The van der Waals surface area contributed by atoms with Gasteiger partial charge in [0.25, 0.3) is 0 Å². The van der Waals surface area contributed by atoms with E-state index >= 15 is 0 Å². The van der Waals surface area contributed by atoms with Crippen LogP contribution in [0.3, 0.4) is 0 Å². The molecule has 2 rings (SSSR count). The van der Waals surface area contributed by atoms with E-state index in [-0.39, 0.29) is 28.6 Å². The first-order chi connectivity index (χ1) is 9.48. The summed E-state index contributed by atoms with van der Waals surface area (Å²) >= 11 is 0. The number of carbonyl (C=O) groups excluding carboxylic acids is 1. The van der Waals surface area contributed by atoms with E-state index < -0.39 is 16.1 Å². The van der Waals surface area contributed by atoms with E-state index in [0.717, 1.165) is 12.8 Å². The van der Waals surface area contributed by atoms with Gasteiger partial charge in [-0.2, -0.15) is 0 Å². The third-order valence-electron chi connectivity index (χ3n) is 4.36. The average Bonchev–Trinajstić information content (AvgIpc) is 2.58. The van der Waals surface area contributed by atoms with Crippen LogP contribution in [-0.4, -0.2) is 44.2 Å². The van der Waals surface area contributed by atoms with Crippen LogP contribution in [-0.2, 0) is 24.1 Å². The van der Waals surface area contributed by atoms with E-state index in [4.69, 9.17) is 9.47 Å². The van der Waals surface area contributed by atoms with Crippen LogP contribution in [0.5, 0.6) is 0 Å². The Kier molecular flexibility index (Phi) is 5.20. The minimum atomic E-state index is -2.96. The van der Waals surface area contributed by atoms with Crippen molar-refractivity contribution in [3.05, 3.63) is 0 Å². The Balaban J connectivity index is 1.94. The predicted molar refractivity (Wildman–Crippen MR) is 75.1 cm³/mol. The first-order valence-corrected chi connectivity index (χ1v) is 9.08. The Bertz CT molecular complexity index is 418. The van der Waals surface area contributed by atoms with Crippen molar-refractivity contribution in [3.8, 4) is 0 Å². The normalized spacial score (nSPS) is 31.6. The summed E-state index contributed by atoms with van der Waals surface area (Å²) < 4.78 is 34.8. The van der Waals surface area contributed by atoms with Crippen LogP contribution in [0.4, 0.5) is 0 Å². The van der Waals surface area contributed by atoms with Gasteiger partial charge in [0.1, 0.15) is 5.78 Å². The second-order valence-electron chi connectivity index (χ2n) is 5.59. The van der Waals surface area contributed by atoms with Gasteiger partial charge in [-0.25, -0.2) is 8.42 Å². The molecule has 0 aliphatic carbocycles. The van der Waals surface area contributed by atoms with Crippen molar-refractivity contribution in [2.24, 2.45) is 5.92 Å². The first-order valence-electron chi connectivity index (χ1n) is 7.47. The summed E-state index contributed by atoms with van der Waals surface area (Å²) in [6.07, 6.45) is 2.15. The summed E-state index contributed by atoms with van der Waals surface area (Å²) in [5.41, 5.74) is 0. The lowest BCUT2D eigenvalue weighted by molar-refractivity contribution is -0.154. The fraction of sp³-hybridized carbons (Fsp3) is 0.929. The maximum absolute atomic E-state index is 12.3. The van der Waals surface area contributed by atoms with Crippen LogP contribution in [0.15, 0.2) is 0 Å². The fourth-order valence-electron chi connectivity index (χ4n) is 3.34. The van der Waals surface area contributed by atoms with E-state index in [0.29, 0.717) is 26.1 Å². The average molecular weight is 304 g/mol. The molecule has 2 fully saturated rings. The van der Waals surface area contributed by atoms with Crippen molar-refractivity contribution in [1.82, 2.24) is 0 Å². The summed E-state index contributed by atoms with van der Waals surface area (Å²) in [4.78, 5) is 12.3. The molecule has 0 aromatic rings. The molecule has 0 amide bonds. The Morgan fingerprint density at radius 1 is 1.10 bits per heavy atom. The minimum Gasteiger partial charge on any atom is -0.352 e. The van der Waals surface area contributed by atoms with Crippen LogP contribution >= 0.6 is 0 Å². The van der Waals surface area contributed by atoms with E-state index in [9.17, 15) is 13.2 Å². The highest BCUT2D eigenvalue weighted by Crippen LogP contribution is 2.41. The molecule has 116 valence electrons. The van der Waals surface area contributed by atoms with Gasteiger partial charge in [-0.1, -0.05) is 0 Å². The number of sulfone groups is 1. The fourth-order valence-corrected chi connectivity index (χ4v) is 5.81. The Hall–Kier alpha value is -0.460. The summed E-state index contributed by atoms with van der Waals surface area (Å²) in [5.74, 6) is -0.0527. The molecule has 0 aromatic heterocycles.